The number of ether oxygens (including phenoxy) is 1. The molecule has 0 heterocycles. The van der Waals surface area contributed by atoms with E-state index < -0.39 is 0 Å². The van der Waals surface area contributed by atoms with Crippen LogP contribution in [0.5, 0.6) is 5.75 Å². The van der Waals surface area contributed by atoms with E-state index in [1.165, 1.54) is 24.8 Å². The lowest BCUT2D eigenvalue weighted by Crippen LogP contribution is -2.40. The fraction of sp³-hybridized carbons (Fsp3) is 0.611. The van der Waals surface area contributed by atoms with E-state index in [1.54, 1.807) is 7.11 Å². The molecular weight excluding hydrogens is 262 g/mol. The second-order valence-electron chi connectivity index (χ2n) is 6.14. The summed E-state index contributed by atoms with van der Waals surface area (Å²) in [5.41, 5.74) is 1.26. The second kappa shape index (κ2) is 8.06. The summed E-state index contributed by atoms with van der Waals surface area (Å²) < 4.78 is 5.14. The molecule has 0 radical (unpaired) electrons. The van der Waals surface area contributed by atoms with Crippen LogP contribution in [0.15, 0.2) is 24.3 Å². The number of nitrogens with one attached hydrogen (secondary N) is 1. The van der Waals surface area contributed by atoms with E-state index in [-0.39, 0.29) is 5.91 Å². The molecular formula is C18H27NO2. The van der Waals surface area contributed by atoms with Gasteiger partial charge < -0.3 is 10.1 Å². The molecule has 1 saturated carbocycles. The average Bonchev–Trinajstić information content (AvgIpc) is 2.50. The highest BCUT2D eigenvalue weighted by molar-refractivity contribution is 5.76. The Bertz CT molecular complexity index is 441. The number of hydrogen-bond acceptors (Lipinski definition) is 2. The molecule has 3 nitrogen and oxygen atoms in total. The molecule has 2 rings (SSSR count). The van der Waals surface area contributed by atoms with Gasteiger partial charge in [-0.15, -0.1) is 0 Å². The number of amides is 1. The van der Waals surface area contributed by atoms with Gasteiger partial charge in [-0.2, -0.15) is 0 Å². The third-order valence-corrected chi connectivity index (χ3v) is 4.49. The van der Waals surface area contributed by atoms with E-state index in [4.69, 9.17) is 4.74 Å². The molecule has 116 valence electrons. The van der Waals surface area contributed by atoms with Gasteiger partial charge in [0.15, 0.2) is 0 Å². The molecule has 1 aliphatic carbocycles. The van der Waals surface area contributed by atoms with Gasteiger partial charge in [0.1, 0.15) is 5.75 Å². The summed E-state index contributed by atoms with van der Waals surface area (Å²) in [6.45, 7) is 2.25. The average molecular weight is 289 g/mol. The molecule has 3 heteroatoms. The van der Waals surface area contributed by atoms with Gasteiger partial charge in [0.05, 0.1) is 7.11 Å². The van der Waals surface area contributed by atoms with Crippen molar-refractivity contribution in [3.63, 3.8) is 0 Å². The number of aryl methyl sites for hydroxylation is 1. The highest BCUT2D eigenvalue weighted by Crippen LogP contribution is 2.23. The fourth-order valence-electron chi connectivity index (χ4n) is 3.05. The van der Waals surface area contributed by atoms with E-state index in [0.29, 0.717) is 18.4 Å². The fourth-order valence-corrected chi connectivity index (χ4v) is 3.05. The molecule has 0 aliphatic heterocycles. The Morgan fingerprint density at radius 1 is 1.24 bits per heavy atom. The van der Waals surface area contributed by atoms with Gasteiger partial charge in [0.25, 0.3) is 0 Å². The highest BCUT2D eigenvalue weighted by atomic mass is 16.5. The van der Waals surface area contributed by atoms with Crippen LogP contribution in [-0.2, 0) is 11.2 Å². The van der Waals surface area contributed by atoms with Crippen molar-refractivity contribution in [1.29, 1.82) is 0 Å². The molecule has 1 aromatic carbocycles. The number of carbonyl (C=O) groups is 1. The Kier molecular flexibility index (Phi) is 6.09. The van der Waals surface area contributed by atoms with Gasteiger partial charge in [-0.05, 0) is 49.3 Å². The predicted octanol–water partition coefficient (Wildman–Crippen LogP) is 3.71. The van der Waals surface area contributed by atoms with Crippen molar-refractivity contribution < 1.29 is 9.53 Å². The van der Waals surface area contributed by atoms with Gasteiger partial charge in [0, 0.05) is 12.5 Å². The van der Waals surface area contributed by atoms with Crippen LogP contribution in [0.3, 0.4) is 0 Å². The maximum Gasteiger partial charge on any atom is 0.220 e. The first-order valence-corrected chi connectivity index (χ1v) is 8.11. The maximum atomic E-state index is 12.0. The van der Waals surface area contributed by atoms with Crippen LogP contribution >= 0.6 is 0 Å². The first kappa shape index (κ1) is 15.9. The number of methoxy groups -OCH3 is 1. The quantitative estimate of drug-likeness (QED) is 0.867. The molecule has 0 spiro atoms. The lowest BCUT2D eigenvalue weighted by molar-refractivity contribution is -0.122. The minimum Gasteiger partial charge on any atom is -0.497 e. The summed E-state index contributed by atoms with van der Waals surface area (Å²) in [6, 6.07) is 8.48. The Labute approximate surface area is 128 Å². The largest absolute Gasteiger partial charge is 0.497 e. The van der Waals surface area contributed by atoms with E-state index in [0.717, 1.165) is 25.0 Å². The zero-order chi connectivity index (χ0) is 15.1. The first-order valence-electron chi connectivity index (χ1n) is 8.11. The standard InChI is InChI=1S/C18H27NO2/c1-14-6-3-4-8-17(14)19-18(20)9-5-7-15-10-12-16(21-2)13-11-15/h10-14,17H,3-9H2,1-2H3,(H,19,20)/t14-,17-/m0/s1. The number of hydrogen-bond donors (Lipinski definition) is 1. The molecule has 21 heavy (non-hydrogen) atoms. The van der Waals surface area contributed by atoms with Crippen molar-refractivity contribution in [3.05, 3.63) is 29.8 Å². The molecule has 2 atom stereocenters. The van der Waals surface area contributed by atoms with Crippen molar-refractivity contribution in [3.8, 4) is 5.75 Å². The topological polar surface area (TPSA) is 38.3 Å². The van der Waals surface area contributed by atoms with E-state index in [2.05, 4.69) is 24.4 Å². The molecule has 1 aliphatic rings. The van der Waals surface area contributed by atoms with Crippen molar-refractivity contribution in [2.45, 2.75) is 57.9 Å². The van der Waals surface area contributed by atoms with Gasteiger partial charge in [-0.1, -0.05) is 31.9 Å². The van der Waals surface area contributed by atoms with Crippen molar-refractivity contribution in [2.24, 2.45) is 5.92 Å². The van der Waals surface area contributed by atoms with Gasteiger partial charge in [-0.3, -0.25) is 4.79 Å². The van der Waals surface area contributed by atoms with E-state index >= 15 is 0 Å². The second-order valence-corrected chi connectivity index (χ2v) is 6.14. The Hall–Kier alpha value is -1.51. The Morgan fingerprint density at radius 3 is 2.62 bits per heavy atom. The summed E-state index contributed by atoms with van der Waals surface area (Å²) in [5, 5.41) is 3.21. The molecule has 1 fully saturated rings. The molecule has 0 unspecified atom stereocenters. The maximum absolute atomic E-state index is 12.0. The van der Waals surface area contributed by atoms with Crippen LogP contribution in [0.1, 0.15) is 51.0 Å². The normalized spacial score (nSPS) is 21.8. The third-order valence-electron chi connectivity index (χ3n) is 4.49. The molecule has 0 aromatic heterocycles. The van der Waals surface area contributed by atoms with Crippen LogP contribution in [0.4, 0.5) is 0 Å². The summed E-state index contributed by atoms with van der Waals surface area (Å²) in [7, 11) is 1.67. The van der Waals surface area contributed by atoms with E-state index in [9.17, 15) is 4.79 Å². The van der Waals surface area contributed by atoms with Crippen LogP contribution in [0, 0.1) is 5.92 Å². The monoisotopic (exact) mass is 289 g/mol. The van der Waals surface area contributed by atoms with Crippen LogP contribution in [-0.4, -0.2) is 19.1 Å². The summed E-state index contributed by atoms with van der Waals surface area (Å²) in [5.74, 6) is 1.72. The zero-order valence-corrected chi connectivity index (χ0v) is 13.2. The SMILES string of the molecule is COc1ccc(CCCC(=O)N[C@H]2CCCC[C@@H]2C)cc1. The lowest BCUT2D eigenvalue weighted by atomic mass is 9.86. The molecule has 0 bridgehead atoms. The Morgan fingerprint density at radius 2 is 1.95 bits per heavy atom. The van der Waals surface area contributed by atoms with Crippen molar-refractivity contribution in [2.75, 3.05) is 7.11 Å². The highest BCUT2D eigenvalue weighted by Gasteiger charge is 2.22. The first-order chi connectivity index (χ1) is 10.2. The minimum absolute atomic E-state index is 0.210. The lowest BCUT2D eigenvalue weighted by Gasteiger charge is -2.29. The van der Waals surface area contributed by atoms with Crippen molar-refractivity contribution in [1.82, 2.24) is 5.32 Å². The number of carbonyl (C=O) groups excluding carboxylic acids is 1. The predicted molar refractivity (Wildman–Crippen MR) is 85.5 cm³/mol. The van der Waals surface area contributed by atoms with Gasteiger partial charge >= 0.3 is 0 Å². The van der Waals surface area contributed by atoms with Crippen LogP contribution < -0.4 is 10.1 Å². The van der Waals surface area contributed by atoms with Crippen LogP contribution in [0.25, 0.3) is 0 Å². The minimum atomic E-state index is 0.210. The van der Waals surface area contributed by atoms with Gasteiger partial charge in [0.2, 0.25) is 5.91 Å². The summed E-state index contributed by atoms with van der Waals surface area (Å²) >= 11 is 0. The smallest absolute Gasteiger partial charge is 0.220 e. The molecule has 1 amide bonds. The summed E-state index contributed by atoms with van der Waals surface area (Å²) in [6.07, 6.45) is 7.42. The molecule has 0 saturated heterocycles. The molecule has 1 N–H and O–H groups in total. The van der Waals surface area contributed by atoms with Crippen molar-refractivity contribution >= 4 is 5.91 Å². The van der Waals surface area contributed by atoms with Crippen LogP contribution in [0.2, 0.25) is 0 Å². The Balaban J connectivity index is 1.68. The number of rotatable bonds is 6. The van der Waals surface area contributed by atoms with E-state index in [1.807, 2.05) is 12.1 Å². The summed E-state index contributed by atoms with van der Waals surface area (Å²) in [4.78, 5) is 12.0. The van der Waals surface area contributed by atoms with Gasteiger partial charge in [-0.25, -0.2) is 0 Å². The number of benzene rings is 1. The third kappa shape index (κ3) is 5.07. The zero-order valence-electron chi connectivity index (χ0n) is 13.2. The molecule has 1 aromatic rings.